The van der Waals surface area contributed by atoms with Crippen LogP contribution in [0.4, 0.5) is 11.9 Å². The van der Waals surface area contributed by atoms with Gasteiger partial charge in [-0.15, -0.1) is 0 Å². The fraction of sp³-hybridized carbons (Fsp3) is 0.545. The van der Waals surface area contributed by atoms with E-state index in [2.05, 4.69) is 38.1 Å². The summed E-state index contributed by atoms with van der Waals surface area (Å²) in [5.41, 5.74) is 10.2. The highest BCUT2D eigenvalue weighted by atomic mass is 31.3. The number of nitrogens with zero attached hydrogens (tertiary/aromatic N) is 6. The van der Waals surface area contributed by atoms with Crippen LogP contribution < -0.4 is 27.2 Å². The number of hydrogen-bond donors (Lipinski definition) is 9. The lowest BCUT2D eigenvalue weighted by Gasteiger charge is -2.21. The monoisotopic (exact) mass is 785 g/mol. The van der Waals surface area contributed by atoms with Gasteiger partial charge in [0.1, 0.15) is 18.3 Å². The third kappa shape index (κ3) is 7.70. The molecule has 6 heterocycles. The predicted molar refractivity (Wildman–Crippen MR) is 166 cm³/mol. The number of anilines is 2. The predicted octanol–water partition coefficient (Wildman–Crippen LogP) is -2.24. The fourth-order valence-electron chi connectivity index (χ4n) is 5.61. The second kappa shape index (κ2) is 13.5. The number of nitrogens with two attached hydrogens (primary N) is 2. The van der Waals surface area contributed by atoms with Crippen molar-refractivity contribution >= 4 is 57.7 Å². The Morgan fingerprint density at radius 2 is 1.49 bits per heavy atom. The number of aliphatic hydroxyl groups is 2. The van der Waals surface area contributed by atoms with E-state index in [4.69, 9.17) is 25.5 Å². The van der Waals surface area contributed by atoms with E-state index in [1.807, 2.05) is 0 Å². The summed E-state index contributed by atoms with van der Waals surface area (Å²) in [4.78, 5) is 71.1. The Hall–Kier alpha value is -3.45. The van der Waals surface area contributed by atoms with Gasteiger partial charge in [0.05, 0.1) is 32.7 Å². The summed E-state index contributed by atoms with van der Waals surface area (Å²) in [6.07, 6.45) is -5.24. The summed E-state index contributed by atoms with van der Waals surface area (Å²) in [5, 5.41) is 21.0. The van der Waals surface area contributed by atoms with Gasteiger partial charge in [-0.05, 0) is 5.92 Å². The molecule has 4 aromatic rings. The molecule has 2 aliphatic rings. The molecular weight excluding hydrogens is 753 g/mol. The molecule has 6 rings (SSSR count). The molecule has 5 unspecified atom stereocenters. The number of fused-ring (bicyclic) bond motifs is 2. The Labute approximate surface area is 283 Å². The molecule has 0 aliphatic carbocycles. The van der Waals surface area contributed by atoms with Gasteiger partial charge >= 0.3 is 29.0 Å². The van der Waals surface area contributed by atoms with Gasteiger partial charge in [0.15, 0.2) is 17.4 Å². The van der Waals surface area contributed by atoms with Gasteiger partial charge < -0.3 is 45.8 Å². The maximum Gasteiger partial charge on any atom is 0.490 e. The van der Waals surface area contributed by atoms with Crippen molar-refractivity contribution in [1.82, 2.24) is 34.1 Å². The van der Waals surface area contributed by atoms with E-state index in [-0.39, 0.29) is 40.1 Å². The summed E-state index contributed by atoms with van der Waals surface area (Å²) in [7, 11) is -15.4. The minimum atomic E-state index is -5.88. The first-order chi connectivity index (χ1) is 23.7. The standard InChI is InChI=1S/C22H31N10O16P3/c1-8-3-11(32-7-30(2)13-17(32)27-22(24)29-19(13)36)45-9(8)4-43-49(37,38)47-51(41,42)48-50(39,40)44-5-10-14(33)15(34)20(46-10)31-6-25-12-16(31)26-21(23)28-18(12)35/h6-11,14-15,20,33-34H,3-5H2,1-2H3,(H8-,23,24,26,27,28,29,35,36,37,38,39,40,41,42)/p+1/t8?,9-,10-,11-,14+,15?,20-/m1/s1. The second-order valence-electron chi connectivity index (χ2n) is 11.6. The Morgan fingerprint density at radius 3 is 2.14 bits per heavy atom. The SMILES string of the molecule is CC1C[C@H](n2c[n+](C)c3c(=O)[nH]c(N)nc32)O[C@@H]1COP(=O)(O)OP(=O)(O)OP(=O)(O)OC[C@H]1O[C@@H](n2cnc3c(=O)[nH]c(N)nc32)C(O)[C@H]1O. The highest BCUT2D eigenvalue weighted by Gasteiger charge is 2.48. The number of nitrogens with one attached hydrogen (secondary N) is 2. The molecule has 51 heavy (non-hydrogen) atoms. The number of nitrogen functional groups attached to an aromatic ring is 2. The lowest BCUT2D eigenvalue weighted by molar-refractivity contribution is -0.646. The number of phosphoric acid groups is 3. The van der Waals surface area contributed by atoms with E-state index in [0.29, 0.717) is 6.42 Å². The smallest absolute Gasteiger partial charge is 0.387 e. The summed E-state index contributed by atoms with van der Waals surface area (Å²) in [6.45, 7) is 0.0136. The minimum absolute atomic E-state index is 0.127. The van der Waals surface area contributed by atoms with E-state index >= 15 is 0 Å². The van der Waals surface area contributed by atoms with Crippen LogP contribution in [0.25, 0.3) is 22.3 Å². The topological polar surface area (TPSA) is 378 Å². The first-order valence-corrected chi connectivity index (χ1v) is 19.1. The van der Waals surface area contributed by atoms with Gasteiger partial charge in [-0.2, -0.15) is 23.2 Å². The van der Waals surface area contributed by atoms with Crippen LogP contribution in [-0.2, 0) is 47.9 Å². The number of imidazole rings is 2. The lowest BCUT2D eigenvalue weighted by Crippen LogP contribution is -2.33. The van der Waals surface area contributed by atoms with Crippen molar-refractivity contribution < 1.29 is 70.3 Å². The molecule has 10 atom stereocenters. The van der Waals surface area contributed by atoms with Crippen LogP contribution >= 0.6 is 23.5 Å². The molecule has 2 saturated heterocycles. The molecule has 0 spiro atoms. The summed E-state index contributed by atoms with van der Waals surface area (Å²) in [5.74, 6) is -0.759. The van der Waals surface area contributed by atoms with Gasteiger partial charge in [-0.1, -0.05) is 6.92 Å². The molecular formula is C22H32N10O16P3+. The third-order valence-corrected chi connectivity index (χ3v) is 12.2. The maximum atomic E-state index is 12.6. The average Bonchev–Trinajstić information content (AvgIpc) is 3.74. The van der Waals surface area contributed by atoms with Gasteiger partial charge in [-0.3, -0.25) is 33.2 Å². The van der Waals surface area contributed by atoms with E-state index < -0.39 is 84.7 Å². The minimum Gasteiger partial charge on any atom is -0.387 e. The summed E-state index contributed by atoms with van der Waals surface area (Å²) < 4.78 is 70.7. The Kier molecular flexibility index (Phi) is 9.88. The van der Waals surface area contributed by atoms with Gasteiger partial charge in [0.25, 0.3) is 16.7 Å². The molecule has 0 radical (unpaired) electrons. The zero-order valence-electron chi connectivity index (χ0n) is 26.2. The number of aromatic amines is 2. The number of H-pyrrole nitrogens is 2. The van der Waals surface area contributed by atoms with Crippen LogP contribution in [0.3, 0.4) is 0 Å². The molecule has 4 aromatic heterocycles. The Morgan fingerprint density at radius 1 is 0.902 bits per heavy atom. The quantitative estimate of drug-likeness (QED) is 0.0541. The third-order valence-electron chi connectivity index (χ3n) is 7.92. The molecule has 29 heteroatoms. The summed E-state index contributed by atoms with van der Waals surface area (Å²) >= 11 is 0. The van der Waals surface area contributed by atoms with Crippen molar-refractivity contribution in [2.24, 2.45) is 13.0 Å². The second-order valence-corrected chi connectivity index (χ2v) is 16.2. The Balaban J connectivity index is 1.03. The highest BCUT2D eigenvalue weighted by Crippen LogP contribution is 2.68. The van der Waals surface area contributed by atoms with Crippen molar-refractivity contribution in [3.63, 3.8) is 0 Å². The van der Waals surface area contributed by atoms with Crippen LogP contribution in [0, 0.1) is 5.92 Å². The van der Waals surface area contributed by atoms with Crippen LogP contribution in [0.2, 0.25) is 0 Å². The molecule has 2 aliphatic heterocycles. The number of aromatic nitrogens is 8. The number of ether oxygens (including phenoxy) is 2. The van der Waals surface area contributed by atoms with E-state index in [1.165, 1.54) is 9.13 Å². The number of aliphatic hydroxyl groups excluding tert-OH is 2. The Bertz CT molecular complexity index is 2240. The van der Waals surface area contributed by atoms with Gasteiger partial charge in [0, 0.05) is 6.42 Å². The zero-order valence-corrected chi connectivity index (χ0v) is 28.9. The van der Waals surface area contributed by atoms with Gasteiger partial charge in [-0.25, -0.2) is 23.2 Å². The zero-order chi connectivity index (χ0) is 37.2. The molecule has 2 fully saturated rings. The van der Waals surface area contributed by atoms with Gasteiger partial charge in [0.2, 0.25) is 24.5 Å². The number of hydrogen-bond acceptors (Lipinski definition) is 18. The number of rotatable bonds is 12. The molecule has 26 nitrogen and oxygen atoms in total. The summed E-state index contributed by atoms with van der Waals surface area (Å²) in [6, 6.07) is 0. The molecule has 0 bridgehead atoms. The largest absolute Gasteiger partial charge is 0.490 e. The van der Waals surface area contributed by atoms with Crippen LogP contribution in [0.1, 0.15) is 25.8 Å². The maximum absolute atomic E-state index is 12.6. The molecule has 0 saturated carbocycles. The highest BCUT2D eigenvalue weighted by molar-refractivity contribution is 7.66. The number of aryl methyl sites for hydroxylation is 1. The van der Waals surface area contributed by atoms with Crippen LogP contribution in [0.5, 0.6) is 0 Å². The van der Waals surface area contributed by atoms with Crippen molar-refractivity contribution in [1.29, 1.82) is 0 Å². The first kappa shape index (κ1) is 37.3. The molecule has 11 N–H and O–H groups in total. The van der Waals surface area contributed by atoms with E-state index in [9.17, 15) is 48.2 Å². The van der Waals surface area contributed by atoms with Crippen LogP contribution in [0.15, 0.2) is 22.2 Å². The number of phosphoric ester groups is 2. The normalized spacial score (nSPS) is 29.0. The van der Waals surface area contributed by atoms with Crippen molar-refractivity contribution in [2.75, 3.05) is 24.7 Å². The van der Waals surface area contributed by atoms with E-state index in [0.717, 1.165) is 10.9 Å². The van der Waals surface area contributed by atoms with Crippen LogP contribution in [-0.4, -0.2) is 96.6 Å². The van der Waals surface area contributed by atoms with Crippen molar-refractivity contribution in [3.8, 4) is 0 Å². The first-order valence-electron chi connectivity index (χ1n) is 14.6. The van der Waals surface area contributed by atoms with Crippen molar-refractivity contribution in [2.45, 2.75) is 50.2 Å². The van der Waals surface area contributed by atoms with E-state index in [1.54, 1.807) is 20.3 Å². The lowest BCUT2D eigenvalue weighted by atomic mass is 10.0. The molecule has 280 valence electrons. The van der Waals surface area contributed by atoms with Crippen molar-refractivity contribution in [3.05, 3.63) is 33.4 Å². The average molecular weight is 785 g/mol. The fourth-order valence-corrected chi connectivity index (χ4v) is 9.13. The molecule has 0 aromatic carbocycles. The molecule has 0 amide bonds.